The van der Waals surface area contributed by atoms with Crippen LogP contribution in [0.3, 0.4) is 0 Å². The maximum absolute atomic E-state index is 11.3. The molecule has 0 bridgehead atoms. The largest absolute Gasteiger partial charge is 0.490 e. The topological polar surface area (TPSA) is 110 Å². The van der Waals surface area contributed by atoms with Crippen LogP contribution >= 0.6 is 0 Å². The molecular weight excluding hydrogens is 285 g/mol. The van der Waals surface area contributed by atoms with Crippen LogP contribution in [0.4, 0.5) is 13.2 Å². The van der Waals surface area contributed by atoms with Gasteiger partial charge >= 0.3 is 17.8 Å². The van der Waals surface area contributed by atoms with Crippen molar-refractivity contribution < 1.29 is 23.1 Å². The fraction of sp³-hybridized carbons (Fsp3) is 0.333. The van der Waals surface area contributed by atoms with Crippen LogP contribution in [-0.4, -0.2) is 36.4 Å². The Morgan fingerprint density at radius 2 is 1.85 bits per heavy atom. The molecule has 2 aromatic heterocycles. The summed E-state index contributed by atoms with van der Waals surface area (Å²) in [5, 5.41) is 7.12. The van der Waals surface area contributed by atoms with Gasteiger partial charge in [0.25, 0.3) is 5.56 Å². The number of rotatable bonds is 0. The molecule has 0 aromatic carbocycles. The molecule has 11 heteroatoms. The van der Waals surface area contributed by atoms with E-state index in [1.165, 1.54) is 10.9 Å². The van der Waals surface area contributed by atoms with Crippen LogP contribution in [0.2, 0.25) is 0 Å². The summed E-state index contributed by atoms with van der Waals surface area (Å²) in [6.07, 6.45) is -3.58. The van der Waals surface area contributed by atoms with Crippen molar-refractivity contribution in [2.24, 2.45) is 14.1 Å². The van der Waals surface area contributed by atoms with Crippen LogP contribution in [0, 0.1) is 0 Å². The molecule has 0 atom stereocenters. The van der Waals surface area contributed by atoms with Gasteiger partial charge in [0.05, 0.1) is 6.33 Å². The van der Waals surface area contributed by atoms with E-state index in [-0.39, 0.29) is 0 Å². The smallest absolute Gasteiger partial charge is 0.475 e. The minimum atomic E-state index is -5.08. The number of hydrogen-bond acceptors (Lipinski definition) is 4. The Bertz CT molecular complexity index is 755. The van der Waals surface area contributed by atoms with Gasteiger partial charge in [0.15, 0.2) is 11.2 Å². The highest BCUT2D eigenvalue weighted by molar-refractivity contribution is 5.73. The van der Waals surface area contributed by atoms with Gasteiger partial charge in [-0.2, -0.15) is 13.2 Å². The number of nitrogens with zero attached hydrogens (tertiary/aromatic N) is 3. The number of nitrogens with one attached hydrogen (secondary N) is 1. The number of carboxylic acid groups (broad SMARTS) is 1. The lowest BCUT2D eigenvalue weighted by atomic mass is 10.5. The van der Waals surface area contributed by atoms with E-state index < -0.39 is 23.4 Å². The van der Waals surface area contributed by atoms with E-state index in [1.807, 2.05) is 0 Å². The zero-order valence-corrected chi connectivity index (χ0v) is 10.2. The number of hydrogen-bond donors (Lipinski definition) is 2. The Balaban J connectivity index is 0.000000246. The lowest BCUT2D eigenvalue weighted by molar-refractivity contribution is -0.192. The molecule has 110 valence electrons. The lowest BCUT2D eigenvalue weighted by Crippen LogP contribution is -2.28. The second-order valence-electron chi connectivity index (χ2n) is 3.65. The molecule has 0 amide bonds. The number of carbonyl (C=O) groups is 1. The number of halogens is 3. The number of alkyl halides is 3. The van der Waals surface area contributed by atoms with Gasteiger partial charge in [-0.3, -0.25) is 14.3 Å². The molecule has 0 saturated carbocycles. The molecule has 2 aromatic rings. The van der Waals surface area contributed by atoms with Crippen molar-refractivity contribution in [1.82, 2.24) is 19.1 Å². The zero-order valence-electron chi connectivity index (χ0n) is 10.2. The first-order chi connectivity index (χ1) is 9.05. The van der Waals surface area contributed by atoms with Crippen LogP contribution in [0.25, 0.3) is 11.2 Å². The highest BCUT2D eigenvalue weighted by Gasteiger charge is 2.38. The third kappa shape index (κ3) is 3.05. The van der Waals surface area contributed by atoms with E-state index in [9.17, 15) is 22.8 Å². The first-order valence-corrected chi connectivity index (χ1v) is 4.96. The number of aromatic amines is 1. The summed E-state index contributed by atoms with van der Waals surface area (Å²) in [6, 6.07) is 0. The van der Waals surface area contributed by atoms with Gasteiger partial charge in [-0.15, -0.1) is 0 Å². The number of aromatic nitrogens is 4. The number of H-pyrrole nitrogens is 1. The Morgan fingerprint density at radius 1 is 1.35 bits per heavy atom. The molecule has 2 heterocycles. The maximum Gasteiger partial charge on any atom is 0.490 e. The molecule has 0 aliphatic heterocycles. The van der Waals surface area contributed by atoms with Gasteiger partial charge in [-0.1, -0.05) is 0 Å². The number of fused-ring (bicyclic) bond motifs is 1. The van der Waals surface area contributed by atoms with Crippen molar-refractivity contribution in [3.8, 4) is 0 Å². The molecule has 0 radical (unpaired) electrons. The minimum absolute atomic E-state index is 0.399. The van der Waals surface area contributed by atoms with Crippen molar-refractivity contribution in [3.63, 3.8) is 0 Å². The first kappa shape index (κ1) is 15.5. The van der Waals surface area contributed by atoms with Crippen molar-refractivity contribution in [1.29, 1.82) is 0 Å². The van der Waals surface area contributed by atoms with E-state index in [0.29, 0.717) is 11.2 Å². The van der Waals surface area contributed by atoms with Gasteiger partial charge in [-0.25, -0.2) is 14.6 Å². The lowest BCUT2D eigenvalue weighted by Gasteiger charge is -1.97. The van der Waals surface area contributed by atoms with Crippen molar-refractivity contribution >= 4 is 17.1 Å². The summed E-state index contributed by atoms with van der Waals surface area (Å²) in [4.78, 5) is 37.5. The Kier molecular flexibility index (Phi) is 4.01. The fourth-order valence-electron chi connectivity index (χ4n) is 1.26. The number of imidazole rings is 1. The Hall–Kier alpha value is -2.59. The van der Waals surface area contributed by atoms with Crippen LogP contribution in [0.15, 0.2) is 15.9 Å². The second kappa shape index (κ2) is 5.19. The standard InChI is InChI=1S/C7H8N4O2.C2HF3O2/c1-10-3-8-5-4(10)6(12)9-7(13)11(5)2;3-2(4,5)1(6)7/h3H,1-2H3,(H,9,12,13);(H,6,7). The van der Waals surface area contributed by atoms with Crippen LogP contribution in [0.1, 0.15) is 0 Å². The number of aryl methyl sites for hydroxylation is 2. The van der Waals surface area contributed by atoms with Crippen LogP contribution in [0.5, 0.6) is 0 Å². The molecular formula is C9H9F3N4O4. The predicted molar refractivity (Wildman–Crippen MR) is 60.3 cm³/mol. The molecule has 0 spiro atoms. The maximum atomic E-state index is 11.3. The number of aliphatic carboxylic acids is 1. The second-order valence-corrected chi connectivity index (χ2v) is 3.65. The van der Waals surface area contributed by atoms with E-state index in [1.54, 1.807) is 18.7 Å². The summed E-state index contributed by atoms with van der Waals surface area (Å²) in [6.45, 7) is 0. The average molecular weight is 294 g/mol. The van der Waals surface area contributed by atoms with Gasteiger partial charge in [0.2, 0.25) is 0 Å². The molecule has 0 saturated heterocycles. The molecule has 0 aliphatic carbocycles. The summed E-state index contributed by atoms with van der Waals surface area (Å²) < 4.78 is 34.6. The Labute approximate surface area is 108 Å². The van der Waals surface area contributed by atoms with Gasteiger partial charge in [0.1, 0.15) is 0 Å². The van der Waals surface area contributed by atoms with E-state index in [4.69, 9.17) is 9.90 Å². The molecule has 2 rings (SSSR count). The summed E-state index contributed by atoms with van der Waals surface area (Å²) in [7, 11) is 3.27. The van der Waals surface area contributed by atoms with Gasteiger partial charge < -0.3 is 9.67 Å². The summed E-state index contributed by atoms with van der Waals surface area (Å²) >= 11 is 0. The minimum Gasteiger partial charge on any atom is -0.475 e. The van der Waals surface area contributed by atoms with E-state index >= 15 is 0 Å². The van der Waals surface area contributed by atoms with Crippen molar-refractivity contribution in [2.75, 3.05) is 0 Å². The third-order valence-electron chi connectivity index (χ3n) is 2.22. The monoisotopic (exact) mass is 294 g/mol. The molecule has 0 fully saturated rings. The van der Waals surface area contributed by atoms with Gasteiger partial charge in [0, 0.05) is 14.1 Å². The zero-order chi connectivity index (χ0) is 15.7. The average Bonchev–Trinajstić information content (AvgIpc) is 2.68. The third-order valence-corrected chi connectivity index (χ3v) is 2.22. The predicted octanol–water partition coefficient (Wildman–Crippen LogP) is -0.406. The van der Waals surface area contributed by atoms with Crippen LogP contribution < -0.4 is 11.2 Å². The van der Waals surface area contributed by atoms with E-state index in [2.05, 4.69) is 9.97 Å². The molecule has 20 heavy (non-hydrogen) atoms. The van der Waals surface area contributed by atoms with Crippen molar-refractivity contribution in [2.45, 2.75) is 6.18 Å². The highest BCUT2D eigenvalue weighted by Crippen LogP contribution is 2.13. The summed E-state index contributed by atoms with van der Waals surface area (Å²) in [5.41, 5.74) is -0.0485. The Morgan fingerprint density at radius 3 is 2.30 bits per heavy atom. The fourth-order valence-corrected chi connectivity index (χ4v) is 1.26. The van der Waals surface area contributed by atoms with Gasteiger partial charge in [-0.05, 0) is 0 Å². The molecule has 2 N–H and O–H groups in total. The summed E-state index contributed by atoms with van der Waals surface area (Å²) in [5.74, 6) is -2.76. The van der Waals surface area contributed by atoms with Crippen LogP contribution in [-0.2, 0) is 18.9 Å². The van der Waals surface area contributed by atoms with E-state index in [0.717, 1.165) is 0 Å². The van der Waals surface area contributed by atoms with Crippen molar-refractivity contribution in [3.05, 3.63) is 27.2 Å². The highest BCUT2D eigenvalue weighted by atomic mass is 19.4. The SMILES string of the molecule is Cn1cnc2c1c(=O)[nH]c(=O)n2C.O=C(O)C(F)(F)F. The number of carboxylic acids is 1. The molecule has 0 unspecified atom stereocenters. The normalized spacial score (nSPS) is 11.1. The molecule has 0 aliphatic rings. The quantitative estimate of drug-likeness (QED) is 0.686. The molecule has 8 nitrogen and oxygen atoms in total. The first-order valence-electron chi connectivity index (χ1n) is 4.96.